The zero-order valence-electron chi connectivity index (χ0n) is 12.9. The number of unbranched alkanes of at least 4 members (excludes halogenated alkanes) is 6. The minimum atomic E-state index is 0.300. The summed E-state index contributed by atoms with van der Waals surface area (Å²) in [6.45, 7) is 6.31. The maximum Gasteiger partial charge on any atom is 0.222 e. The highest BCUT2D eigenvalue weighted by Crippen LogP contribution is 2.08. The van der Waals surface area contributed by atoms with Crippen LogP contribution < -0.4 is 0 Å². The van der Waals surface area contributed by atoms with Crippen molar-refractivity contribution in [2.24, 2.45) is 0 Å². The Morgan fingerprint density at radius 2 is 1.37 bits per heavy atom. The Hall–Kier alpha value is -0.240. The van der Waals surface area contributed by atoms with Crippen molar-refractivity contribution in [3.8, 4) is 0 Å². The van der Waals surface area contributed by atoms with E-state index in [0.717, 1.165) is 32.4 Å². The molecule has 0 atom stereocenters. The van der Waals surface area contributed by atoms with Crippen LogP contribution in [0.5, 0.6) is 0 Å². The number of hydrogen-bond donors (Lipinski definition) is 0. The average molecular weight is 290 g/mol. The Morgan fingerprint density at radius 3 is 1.79 bits per heavy atom. The average Bonchev–Trinajstić information content (AvgIpc) is 2.43. The lowest BCUT2D eigenvalue weighted by Gasteiger charge is -2.22. The second-order valence-corrected chi connectivity index (χ2v) is 5.67. The highest BCUT2D eigenvalue weighted by molar-refractivity contribution is 6.17. The van der Waals surface area contributed by atoms with E-state index in [-0.39, 0.29) is 0 Å². The molecular weight excluding hydrogens is 258 g/mol. The van der Waals surface area contributed by atoms with Gasteiger partial charge in [-0.1, -0.05) is 52.4 Å². The first-order chi connectivity index (χ1) is 9.26. The number of rotatable bonds is 13. The lowest BCUT2D eigenvalue weighted by molar-refractivity contribution is -0.131. The number of nitrogens with zero attached hydrogens (tertiary/aromatic N) is 1. The van der Waals surface area contributed by atoms with Gasteiger partial charge in [-0.3, -0.25) is 4.79 Å². The molecule has 0 spiro atoms. The van der Waals surface area contributed by atoms with E-state index < -0.39 is 0 Å². The molecule has 0 aromatic heterocycles. The summed E-state index contributed by atoms with van der Waals surface area (Å²) in [5.74, 6) is 0.888. The molecule has 0 aromatic rings. The Morgan fingerprint density at radius 1 is 0.842 bits per heavy atom. The first-order valence-electron chi connectivity index (χ1n) is 8.10. The summed E-state index contributed by atoms with van der Waals surface area (Å²) in [6, 6.07) is 0. The van der Waals surface area contributed by atoms with E-state index in [1.165, 1.54) is 38.5 Å². The van der Waals surface area contributed by atoms with Gasteiger partial charge >= 0.3 is 0 Å². The van der Waals surface area contributed by atoms with Gasteiger partial charge in [0, 0.05) is 25.4 Å². The van der Waals surface area contributed by atoms with Crippen LogP contribution in [0.4, 0.5) is 0 Å². The van der Waals surface area contributed by atoms with Gasteiger partial charge in [0.2, 0.25) is 5.91 Å². The highest BCUT2D eigenvalue weighted by Gasteiger charge is 2.11. The lowest BCUT2D eigenvalue weighted by Crippen LogP contribution is -2.32. The fraction of sp³-hybridized carbons (Fsp3) is 0.938. The second kappa shape index (κ2) is 14.2. The maximum atomic E-state index is 12.1. The van der Waals surface area contributed by atoms with Crippen LogP contribution in [0.2, 0.25) is 0 Å². The number of carbonyl (C=O) groups is 1. The molecule has 0 aromatic carbocycles. The Bertz CT molecular complexity index is 197. The molecule has 0 rings (SSSR count). The summed E-state index contributed by atoms with van der Waals surface area (Å²) in [4.78, 5) is 14.2. The van der Waals surface area contributed by atoms with Gasteiger partial charge in [-0.25, -0.2) is 0 Å². The summed E-state index contributed by atoms with van der Waals surface area (Å²) in [7, 11) is 0. The zero-order valence-corrected chi connectivity index (χ0v) is 13.7. The second-order valence-electron chi connectivity index (χ2n) is 5.29. The molecule has 0 heterocycles. The Labute approximate surface area is 124 Å². The van der Waals surface area contributed by atoms with Crippen molar-refractivity contribution in [2.45, 2.75) is 78.1 Å². The summed E-state index contributed by atoms with van der Waals surface area (Å²) < 4.78 is 0. The van der Waals surface area contributed by atoms with E-state index in [1.807, 2.05) is 0 Å². The van der Waals surface area contributed by atoms with Crippen LogP contribution in [0.1, 0.15) is 78.1 Å². The van der Waals surface area contributed by atoms with Crippen LogP contribution in [0.3, 0.4) is 0 Å². The summed E-state index contributed by atoms with van der Waals surface area (Å²) >= 11 is 5.67. The molecule has 0 aliphatic rings. The fourth-order valence-electron chi connectivity index (χ4n) is 2.20. The molecule has 114 valence electrons. The van der Waals surface area contributed by atoms with E-state index in [1.54, 1.807) is 0 Å². The zero-order chi connectivity index (χ0) is 14.3. The highest BCUT2D eigenvalue weighted by atomic mass is 35.5. The predicted molar refractivity (Wildman–Crippen MR) is 84.8 cm³/mol. The molecule has 3 heteroatoms. The van der Waals surface area contributed by atoms with Crippen LogP contribution >= 0.6 is 11.6 Å². The van der Waals surface area contributed by atoms with Crippen molar-refractivity contribution in [2.75, 3.05) is 19.0 Å². The van der Waals surface area contributed by atoms with Gasteiger partial charge in [0.15, 0.2) is 0 Å². The van der Waals surface area contributed by atoms with Crippen molar-refractivity contribution in [1.82, 2.24) is 4.90 Å². The van der Waals surface area contributed by atoms with Crippen molar-refractivity contribution in [3.05, 3.63) is 0 Å². The molecule has 2 nitrogen and oxygen atoms in total. The number of hydrogen-bond acceptors (Lipinski definition) is 1. The third-order valence-corrected chi connectivity index (χ3v) is 3.71. The molecule has 19 heavy (non-hydrogen) atoms. The minimum absolute atomic E-state index is 0.300. The van der Waals surface area contributed by atoms with Crippen LogP contribution in [0, 0.1) is 0 Å². The Balaban J connectivity index is 3.94. The number of amides is 1. The number of halogens is 1. The van der Waals surface area contributed by atoms with Gasteiger partial charge < -0.3 is 4.90 Å². The Kier molecular flexibility index (Phi) is 14.0. The van der Waals surface area contributed by atoms with Crippen LogP contribution in [-0.4, -0.2) is 29.8 Å². The van der Waals surface area contributed by atoms with Crippen LogP contribution in [0.25, 0.3) is 0 Å². The topological polar surface area (TPSA) is 20.3 Å². The van der Waals surface area contributed by atoms with Gasteiger partial charge in [0.05, 0.1) is 0 Å². The summed E-state index contributed by atoms with van der Waals surface area (Å²) in [6.07, 6.45) is 11.2. The third-order valence-electron chi connectivity index (χ3n) is 3.44. The van der Waals surface area contributed by atoms with Crippen molar-refractivity contribution in [1.29, 1.82) is 0 Å². The molecule has 0 N–H and O–H groups in total. The van der Waals surface area contributed by atoms with Gasteiger partial charge in [-0.15, -0.1) is 11.6 Å². The number of carbonyl (C=O) groups excluding carboxylic acids is 1. The van der Waals surface area contributed by atoms with Crippen LogP contribution in [-0.2, 0) is 4.79 Å². The summed E-state index contributed by atoms with van der Waals surface area (Å²) in [5, 5.41) is 0. The molecule has 0 saturated heterocycles. The van der Waals surface area contributed by atoms with Gasteiger partial charge in [0.1, 0.15) is 0 Å². The van der Waals surface area contributed by atoms with Crippen molar-refractivity contribution >= 4 is 17.5 Å². The van der Waals surface area contributed by atoms with Gasteiger partial charge in [-0.05, 0) is 19.3 Å². The van der Waals surface area contributed by atoms with Crippen molar-refractivity contribution in [3.63, 3.8) is 0 Å². The molecule has 1 amide bonds. The first-order valence-corrected chi connectivity index (χ1v) is 8.63. The van der Waals surface area contributed by atoms with E-state index >= 15 is 0 Å². The molecule has 0 unspecified atom stereocenters. The molecule has 0 radical (unpaired) electrons. The molecular formula is C16H32ClNO. The van der Waals surface area contributed by atoms with E-state index in [4.69, 9.17) is 11.6 Å². The SMILES string of the molecule is CCCCCCN(CCCCCC)C(=O)CCCCl. The summed E-state index contributed by atoms with van der Waals surface area (Å²) in [5.41, 5.74) is 0. The first kappa shape index (κ1) is 18.8. The maximum absolute atomic E-state index is 12.1. The van der Waals surface area contributed by atoms with Crippen molar-refractivity contribution < 1.29 is 4.79 Å². The predicted octanol–water partition coefficient (Wildman–Crippen LogP) is 4.99. The quantitative estimate of drug-likeness (QED) is 0.345. The lowest BCUT2D eigenvalue weighted by atomic mass is 10.1. The molecule has 0 aliphatic carbocycles. The fourth-order valence-corrected chi connectivity index (χ4v) is 2.33. The van der Waals surface area contributed by atoms with E-state index in [2.05, 4.69) is 18.7 Å². The number of alkyl halides is 1. The molecule has 0 aliphatic heterocycles. The van der Waals surface area contributed by atoms with Gasteiger partial charge in [-0.2, -0.15) is 0 Å². The monoisotopic (exact) mass is 289 g/mol. The van der Waals surface area contributed by atoms with Crippen LogP contribution in [0.15, 0.2) is 0 Å². The van der Waals surface area contributed by atoms with E-state index in [9.17, 15) is 4.79 Å². The van der Waals surface area contributed by atoms with E-state index in [0.29, 0.717) is 18.2 Å². The third kappa shape index (κ3) is 11.3. The normalized spacial score (nSPS) is 10.7. The minimum Gasteiger partial charge on any atom is -0.343 e. The molecule has 0 bridgehead atoms. The standard InChI is InChI=1S/C16H32ClNO/c1-3-5-7-9-14-18(15-10-8-6-4-2)16(19)12-11-13-17/h3-15H2,1-2H3. The van der Waals surface area contributed by atoms with Gasteiger partial charge in [0.25, 0.3) is 0 Å². The smallest absolute Gasteiger partial charge is 0.222 e. The molecule has 0 fully saturated rings. The molecule has 0 saturated carbocycles. The largest absolute Gasteiger partial charge is 0.343 e.